The highest BCUT2D eigenvalue weighted by Gasteiger charge is 2.38. The smallest absolute Gasteiger partial charge is 0.0729 e. The van der Waals surface area contributed by atoms with Crippen molar-refractivity contribution in [2.75, 3.05) is 6.61 Å². The van der Waals surface area contributed by atoms with E-state index >= 15 is 0 Å². The van der Waals surface area contributed by atoms with E-state index in [2.05, 4.69) is 19.2 Å². The Morgan fingerprint density at radius 3 is 2.00 bits per heavy atom. The summed E-state index contributed by atoms with van der Waals surface area (Å²) in [4.78, 5) is 0. The van der Waals surface area contributed by atoms with Gasteiger partial charge in [-0.25, -0.2) is 0 Å². The Labute approximate surface area is 126 Å². The number of ether oxygens (including phenoxy) is 1. The lowest BCUT2D eigenvalue weighted by Gasteiger charge is -2.46. The number of morpholine rings is 1. The van der Waals surface area contributed by atoms with Crippen LogP contribution in [0, 0.1) is 0 Å². The molecule has 2 aliphatic rings. The number of hydrogen-bond acceptors (Lipinski definition) is 2. The van der Waals surface area contributed by atoms with Crippen LogP contribution in [0.2, 0.25) is 0 Å². The molecule has 20 heavy (non-hydrogen) atoms. The van der Waals surface area contributed by atoms with Gasteiger partial charge in [0.25, 0.3) is 0 Å². The third-order valence-electron chi connectivity index (χ3n) is 5.62. The first-order chi connectivity index (χ1) is 9.79. The fraction of sp³-hybridized carbons (Fsp3) is 1.00. The van der Waals surface area contributed by atoms with Gasteiger partial charge in [-0.3, -0.25) is 0 Å². The molecule has 1 heterocycles. The summed E-state index contributed by atoms with van der Waals surface area (Å²) >= 11 is 0. The molecule has 2 rings (SSSR count). The number of hydrogen-bond donors (Lipinski definition) is 1. The third-order valence-corrected chi connectivity index (χ3v) is 5.62. The minimum absolute atomic E-state index is 0.248. The van der Waals surface area contributed by atoms with Gasteiger partial charge in [0, 0.05) is 11.6 Å². The summed E-state index contributed by atoms with van der Waals surface area (Å²) in [5, 5.41) is 4.00. The minimum Gasteiger partial charge on any atom is -0.375 e. The van der Waals surface area contributed by atoms with Crippen LogP contribution in [0.25, 0.3) is 0 Å². The summed E-state index contributed by atoms with van der Waals surface area (Å²) in [5.41, 5.74) is 0.248. The van der Waals surface area contributed by atoms with E-state index in [1.54, 1.807) is 0 Å². The second-order valence-electron chi connectivity index (χ2n) is 6.99. The molecule has 2 unspecified atom stereocenters. The molecule has 1 saturated heterocycles. The van der Waals surface area contributed by atoms with E-state index in [1.807, 2.05) is 0 Å². The van der Waals surface area contributed by atoms with Gasteiger partial charge in [-0.1, -0.05) is 65.2 Å². The first-order valence-corrected chi connectivity index (χ1v) is 9.19. The maximum Gasteiger partial charge on any atom is 0.0729 e. The van der Waals surface area contributed by atoms with E-state index in [0.29, 0.717) is 12.1 Å². The maximum absolute atomic E-state index is 6.32. The zero-order chi connectivity index (χ0) is 14.3. The molecule has 118 valence electrons. The summed E-state index contributed by atoms with van der Waals surface area (Å²) < 4.78 is 6.32. The summed E-state index contributed by atoms with van der Waals surface area (Å²) in [6.45, 7) is 5.52. The molecule has 2 heteroatoms. The quantitative estimate of drug-likeness (QED) is 0.783. The molecule has 0 spiro atoms. The van der Waals surface area contributed by atoms with Crippen LogP contribution in [0.1, 0.15) is 90.9 Å². The Hall–Kier alpha value is -0.0800. The summed E-state index contributed by atoms with van der Waals surface area (Å²) in [5.74, 6) is 0. The molecule has 0 aromatic heterocycles. The molecule has 1 saturated carbocycles. The van der Waals surface area contributed by atoms with Gasteiger partial charge in [0.15, 0.2) is 0 Å². The van der Waals surface area contributed by atoms with Crippen LogP contribution in [0.3, 0.4) is 0 Å². The standard InChI is InChI=1S/C18H35NO/c1-3-18(4-2)15-20-17-14-12-10-8-6-5-7-9-11-13-16(17)19-18/h16-17,19H,3-15H2,1-2H3. The van der Waals surface area contributed by atoms with Crippen molar-refractivity contribution in [2.45, 2.75) is 109 Å². The highest BCUT2D eigenvalue weighted by molar-refractivity contribution is 4.95. The number of nitrogens with one attached hydrogen (secondary N) is 1. The lowest BCUT2D eigenvalue weighted by atomic mass is 9.86. The van der Waals surface area contributed by atoms with Crippen molar-refractivity contribution in [3.63, 3.8) is 0 Å². The van der Waals surface area contributed by atoms with Crippen LogP contribution in [0.4, 0.5) is 0 Å². The van der Waals surface area contributed by atoms with Gasteiger partial charge in [0.2, 0.25) is 0 Å². The van der Waals surface area contributed by atoms with Crippen LogP contribution in [-0.4, -0.2) is 24.3 Å². The highest BCUT2D eigenvalue weighted by Crippen LogP contribution is 2.28. The first kappa shape index (κ1) is 16.3. The minimum atomic E-state index is 0.248. The molecule has 2 fully saturated rings. The fourth-order valence-electron chi connectivity index (χ4n) is 3.88. The Morgan fingerprint density at radius 1 is 0.850 bits per heavy atom. The van der Waals surface area contributed by atoms with Gasteiger partial charge >= 0.3 is 0 Å². The summed E-state index contributed by atoms with van der Waals surface area (Å²) in [6.07, 6.45) is 16.7. The van der Waals surface area contributed by atoms with Gasteiger partial charge in [-0.2, -0.15) is 0 Å². The van der Waals surface area contributed by atoms with E-state index in [9.17, 15) is 0 Å². The van der Waals surface area contributed by atoms with Crippen LogP contribution in [0.5, 0.6) is 0 Å². The van der Waals surface area contributed by atoms with Crippen molar-refractivity contribution in [3.05, 3.63) is 0 Å². The molecule has 2 atom stereocenters. The molecule has 0 amide bonds. The van der Waals surface area contributed by atoms with Gasteiger partial charge in [-0.05, 0) is 25.7 Å². The third kappa shape index (κ3) is 4.46. The molecular weight excluding hydrogens is 246 g/mol. The fourth-order valence-corrected chi connectivity index (χ4v) is 3.88. The first-order valence-electron chi connectivity index (χ1n) is 9.19. The Morgan fingerprint density at radius 2 is 1.40 bits per heavy atom. The lowest BCUT2D eigenvalue weighted by molar-refractivity contribution is -0.0718. The van der Waals surface area contributed by atoms with E-state index in [-0.39, 0.29) is 5.54 Å². The zero-order valence-electron chi connectivity index (χ0n) is 13.8. The molecule has 0 radical (unpaired) electrons. The van der Waals surface area contributed by atoms with Gasteiger partial charge in [0.05, 0.1) is 12.7 Å². The second kappa shape index (κ2) is 8.38. The van der Waals surface area contributed by atoms with Crippen molar-refractivity contribution in [1.82, 2.24) is 5.32 Å². The normalized spacial score (nSPS) is 32.7. The predicted molar refractivity (Wildman–Crippen MR) is 86.1 cm³/mol. The largest absolute Gasteiger partial charge is 0.375 e. The lowest BCUT2D eigenvalue weighted by Crippen LogP contribution is -2.62. The highest BCUT2D eigenvalue weighted by atomic mass is 16.5. The molecule has 0 bridgehead atoms. The van der Waals surface area contributed by atoms with Crippen molar-refractivity contribution in [2.24, 2.45) is 0 Å². The molecule has 1 N–H and O–H groups in total. The molecular formula is C18H35NO. The second-order valence-corrected chi connectivity index (χ2v) is 6.99. The summed E-state index contributed by atoms with van der Waals surface area (Å²) in [7, 11) is 0. The van der Waals surface area contributed by atoms with Gasteiger partial charge < -0.3 is 10.1 Å². The average molecular weight is 281 g/mol. The number of fused-ring (bicyclic) bond motifs is 1. The molecule has 2 nitrogen and oxygen atoms in total. The van der Waals surface area contributed by atoms with E-state index < -0.39 is 0 Å². The number of rotatable bonds is 2. The Balaban J connectivity index is 1.93. The average Bonchev–Trinajstić information content (AvgIpc) is 2.48. The monoisotopic (exact) mass is 281 g/mol. The Bertz CT molecular complexity index is 262. The maximum atomic E-state index is 6.32. The predicted octanol–water partition coefficient (Wildman–Crippen LogP) is 4.82. The Kier molecular flexibility index (Phi) is 6.83. The molecule has 0 aromatic carbocycles. The van der Waals surface area contributed by atoms with Crippen molar-refractivity contribution in [1.29, 1.82) is 0 Å². The van der Waals surface area contributed by atoms with Crippen LogP contribution in [-0.2, 0) is 4.74 Å². The molecule has 0 aromatic rings. The topological polar surface area (TPSA) is 21.3 Å². The van der Waals surface area contributed by atoms with E-state index in [4.69, 9.17) is 4.74 Å². The van der Waals surface area contributed by atoms with Crippen LogP contribution in [0.15, 0.2) is 0 Å². The van der Waals surface area contributed by atoms with Gasteiger partial charge in [0.1, 0.15) is 0 Å². The summed E-state index contributed by atoms with van der Waals surface area (Å²) in [6, 6.07) is 0.600. The molecule has 1 aliphatic carbocycles. The molecule has 1 aliphatic heterocycles. The van der Waals surface area contributed by atoms with Crippen LogP contribution >= 0.6 is 0 Å². The van der Waals surface area contributed by atoms with Gasteiger partial charge in [-0.15, -0.1) is 0 Å². The van der Waals surface area contributed by atoms with Crippen molar-refractivity contribution >= 4 is 0 Å². The van der Waals surface area contributed by atoms with E-state index in [0.717, 1.165) is 6.61 Å². The zero-order valence-corrected chi connectivity index (χ0v) is 13.8. The van der Waals surface area contributed by atoms with E-state index in [1.165, 1.54) is 77.0 Å². The van der Waals surface area contributed by atoms with Crippen LogP contribution < -0.4 is 5.32 Å². The van der Waals surface area contributed by atoms with Crippen molar-refractivity contribution < 1.29 is 4.74 Å². The SMILES string of the molecule is CCC1(CC)COC2CCCCCCCCCCC2N1. The van der Waals surface area contributed by atoms with Crippen molar-refractivity contribution in [3.8, 4) is 0 Å².